The topological polar surface area (TPSA) is 187 Å². The van der Waals surface area contributed by atoms with Gasteiger partial charge in [0.2, 0.25) is 0 Å². The number of rotatable bonds is 20. The van der Waals surface area contributed by atoms with Gasteiger partial charge in [0.1, 0.15) is 12.2 Å². The Hall–Kier alpha value is -2.64. The first-order valence-corrected chi connectivity index (χ1v) is 22.8. The highest BCUT2D eigenvalue weighted by molar-refractivity contribution is 6.84. The molecule has 316 valence electrons. The highest BCUT2D eigenvalue weighted by atomic mass is 28.5. The van der Waals surface area contributed by atoms with Gasteiger partial charge in [-0.3, -0.25) is 19.1 Å². The van der Waals surface area contributed by atoms with Crippen LogP contribution in [0.25, 0.3) is 0 Å². The first-order valence-electron chi connectivity index (χ1n) is 18.9. The van der Waals surface area contributed by atoms with Gasteiger partial charge in [-0.25, -0.2) is 9.59 Å². The number of amides is 2. The zero-order valence-electron chi connectivity index (χ0n) is 33.0. The maximum Gasteiger partial charge on any atom is 0.471 e. The fourth-order valence-electron chi connectivity index (χ4n) is 6.65. The van der Waals surface area contributed by atoms with E-state index in [2.05, 4.69) is 65.7 Å². The van der Waals surface area contributed by atoms with Crippen LogP contribution in [0.3, 0.4) is 0 Å². The van der Waals surface area contributed by atoms with Crippen LogP contribution in [-0.4, -0.2) is 122 Å². The number of aromatic amines is 1. The van der Waals surface area contributed by atoms with Gasteiger partial charge in [-0.15, -0.1) is 0 Å². The fraction of sp³-hybridized carbons (Fsp3) is 0.824. The van der Waals surface area contributed by atoms with E-state index in [4.69, 9.17) is 36.7 Å². The molecule has 1 aromatic heterocycles. The molecule has 2 saturated heterocycles. The van der Waals surface area contributed by atoms with Crippen molar-refractivity contribution in [2.45, 2.75) is 121 Å². The number of nitrogens with one attached hydrogen (secondary N) is 3. The largest absolute Gasteiger partial charge is 0.471 e. The Kier molecular flexibility index (Phi) is 18.0. The molecule has 0 unspecified atom stereocenters. The van der Waals surface area contributed by atoms with Crippen molar-refractivity contribution in [3.63, 3.8) is 0 Å². The lowest BCUT2D eigenvalue weighted by Crippen LogP contribution is -2.66. The number of hydrogen-bond acceptors (Lipinski definition) is 12. The summed E-state index contributed by atoms with van der Waals surface area (Å²) in [7, 11) is -6.07. The van der Waals surface area contributed by atoms with Crippen LogP contribution in [0, 0.1) is 0 Å². The van der Waals surface area contributed by atoms with Crippen LogP contribution in [-0.2, 0) is 41.4 Å². The number of H-pyrrole nitrogens is 1. The van der Waals surface area contributed by atoms with Gasteiger partial charge < -0.3 is 47.3 Å². The molecule has 16 nitrogen and oxygen atoms in total. The van der Waals surface area contributed by atoms with Crippen molar-refractivity contribution in [1.29, 1.82) is 0 Å². The van der Waals surface area contributed by atoms with Crippen LogP contribution < -0.4 is 21.9 Å². The molecule has 2 aliphatic heterocycles. The molecular formula is C34H59F3N4O12Si2. The standard InChI is InChI=1S/C34H59F3N4O12Si2/c1-22(2)54(23(3)4)49-21-26-28(52-55(53-54,24(5)6)25(7)8)29(30(50-26)41-14-11-27(42)40-32(41)44)51-33(45)39-13-10-16-47-18-20-48-19-17-46-15-9-12-38-31(43)34(35,36)37/h11,14,22-26,28-30H,9-10,12-13,15-21H2,1-8H3,(H,38,43)(H,39,45)(H,40,42,44)/t26-,28-,29-,30-/m1/s1. The summed E-state index contributed by atoms with van der Waals surface area (Å²) in [6, 6.07) is 1.19. The Morgan fingerprint density at radius 3 is 1.89 bits per heavy atom. The Labute approximate surface area is 321 Å². The quantitative estimate of drug-likeness (QED) is 0.127. The van der Waals surface area contributed by atoms with Crippen molar-refractivity contribution >= 4 is 29.1 Å². The van der Waals surface area contributed by atoms with Crippen molar-refractivity contribution in [2.24, 2.45) is 0 Å². The van der Waals surface area contributed by atoms with E-state index >= 15 is 0 Å². The van der Waals surface area contributed by atoms with E-state index in [1.54, 1.807) is 5.32 Å². The first-order chi connectivity index (χ1) is 25.9. The highest BCUT2D eigenvalue weighted by Gasteiger charge is 2.62. The van der Waals surface area contributed by atoms with Crippen LogP contribution in [0.4, 0.5) is 18.0 Å². The fourth-order valence-corrected chi connectivity index (χ4v) is 17.9. The van der Waals surface area contributed by atoms with Crippen LogP contribution in [0.5, 0.6) is 0 Å². The first kappa shape index (κ1) is 46.7. The third kappa shape index (κ3) is 12.7. The predicted octanol–water partition coefficient (Wildman–Crippen LogP) is 3.99. The van der Waals surface area contributed by atoms with Gasteiger partial charge in [-0.2, -0.15) is 13.2 Å². The van der Waals surface area contributed by atoms with E-state index in [9.17, 15) is 32.3 Å². The Bertz CT molecular complexity index is 1460. The van der Waals surface area contributed by atoms with Gasteiger partial charge in [0.15, 0.2) is 12.3 Å². The summed E-state index contributed by atoms with van der Waals surface area (Å²) in [6.07, 6.45) is -7.49. The lowest BCUT2D eigenvalue weighted by atomic mass is 10.1. The number of halogens is 3. The number of carbonyl (C=O) groups is 2. The molecule has 55 heavy (non-hydrogen) atoms. The molecule has 2 fully saturated rings. The highest BCUT2D eigenvalue weighted by Crippen LogP contribution is 2.48. The van der Waals surface area contributed by atoms with Gasteiger partial charge in [-0.1, -0.05) is 55.4 Å². The molecule has 2 amide bonds. The second kappa shape index (κ2) is 21.2. The number of alkyl carbamates (subject to hydrolysis) is 1. The molecule has 0 saturated carbocycles. The van der Waals surface area contributed by atoms with Gasteiger partial charge >= 0.3 is 41.0 Å². The molecule has 3 N–H and O–H groups in total. The summed E-state index contributed by atoms with van der Waals surface area (Å²) >= 11 is 0. The van der Waals surface area contributed by atoms with Crippen molar-refractivity contribution in [3.05, 3.63) is 33.1 Å². The van der Waals surface area contributed by atoms with Crippen molar-refractivity contribution in [1.82, 2.24) is 20.2 Å². The zero-order chi connectivity index (χ0) is 41.0. The van der Waals surface area contributed by atoms with Crippen molar-refractivity contribution in [2.75, 3.05) is 59.3 Å². The van der Waals surface area contributed by atoms with Crippen LogP contribution in [0.15, 0.2) is 21.9 Å². The molecular weight excluding hydrogens is 770 g/mol. The lowest BCUT2D eigenvalue weighted by Gasteiger charge is -2.51. The maximum absolute atomic E-state index is 13.3. The Balaban J connectivity index is 1.55. The maximum atomic E-state index is 13.3. The van der Waals surface area contributed by atoms with E-state index in [0.29, 0.717) is 13.0 Å². The van der Waals surface area contributed by atoms with E-state index in [1.165, 1.54) is 16.8 Å². The second-order valence-corrected chi connectivity index (χ2v) is 23.6. The smallest absolute Gasteiger partial charge is 0.439 e. The minimum absolute atomic E-state index is 0.0220. The van der Waals surface area contributed by atoms with E-state index in [0.717, 1.165) is 0 Å². The number of alkyl halides is 3. The second-order valence-electron chi connectivity index (χ2n) is 14.7. The number of aromatic nitrogens is 2. The number of fused-ring (bicyclic) bond motifs is 1. The van der Waals surface area contributed by atoms with Crippen molar-refractivity contribution in [3.8, 4) is 0 Å². The monoisotopic (exact) mass is 828 g/mol. The molecule has 3 heterocycles. The minimum Gasteiger partial charge on any atom is -0.439 e. The Morgan fingerprint density at radius 1 is 0.855 bits per heavy atom. The molecule has 1 aromatic rings. The number of ether oxygens (including phenoxy) is 5. The molecule has 0 bridgehead atoms. The zero-order valence-corrected chi connectivity index (χ0v) is 35.0. The molecule has 2 aliphatic rings. The van der Waals surface area contributed by atoms with Gasteiger partial charge in [0.05, 0.1) is 33.0 Å². The molecule has 0 radical (unpaired) electrons. The molecule has 4 atom stereocenters. The SMILES string of the molecule is CC(C)[Si]1(C(C)C)OC[C@H]2O[C@@H](n3ccc(=O)[nH]c3=O)[C@H](OC(=O)NCCCOCCOCCOCCCNC(=O)C(F)(F)F)[C@@H]2O[Si](C(C)C)(C(C)C)O1. The third-order valence-electron chi connectivity index (χ3n) is 9.47. The summed E-state index contributed by atoms with van der Waals surface area (Å²) in [6.45, 7) is 18.3. The average Bonchev–Trinajstić information content (AvgIpc) is 3.40. The summed E-state index contributed by atoms with van der Waals surface area (Å²) in [5, 5.41) is 4.49. The summed E-state index contributed by atoms with van der Waals surface area (Å²) in [4.78, 5) is 51.2. The Morgan fingerprint density at radius 2 is 1.38 bits per heavy atom. The van der Waals surface area contributed by atoms with Gasteiger partial charge in [0.25, 0.3) is 5.56 Å². The number of hydrogen-bond donors (Lipinski definition) is 3. The molecule has 21 heteroatoms. The van der Waals surface area contributed by atoms with Gasteiger partial charge in [0, 0.05) is 38.6 Å². The normalized spacial score (nSPS) is 22.5. The molecule has 0 spiro atoms. The predicted molar refractivity (Wildman–Crippen MR) is 198 cm³/mol. The lowest BCUT2D eigenvalue weighted by molar-refractivity contribution is -0.173. The third-order valence-corrected chi connectivity index (χ3v) is 19.7. The summed E-state index contributed by atoms with van der Waals surface area (Å²) in [5.74, 6) is -1.98. The summed E-state index contributed by atoms with van der Waals surface area (Å²) in [5.41, 5.74) is -1.18. The summed E-state index contributed by atoms with van der Waals surface area (Å²) < 4.78 is 87.5. The van der Waals surface area contributed by atoms with E-state index in [-0.39, 0.29) is 81.3 Å². The number of carbonyl (C=O) groups excluding carboxylic acids is 2. The van der Waals surface area contributed by atoms with E-state index < -0.39 is 71.1 Å². The van der Waals surface area contributed by atoms with Crippen LogP contribution in [0.1, 0.15) is 74.5 Å². The average molecular weight is 829 g/mol. The van der Waals surface area contributed by atoms with Crippen LogP contribution >= 0.6 is 0 Å². The van der Waals surface area contributed by atoms with Gasteiger partial charge in [-0.05, 0) is 35.0 Å². The molecule has 0 aliphatic carbocycles. The van der Waals surface area contributed by atoms with Crippen molar-refractivity contribution < 1.29 is 59.4 Å². The minimum atomic E-state index is -4.90. The van der Waals surface area contributed by atoms with E-state index in [1.807, 2.05) is 0 Å². The number of nitrogens with zero attached hydrogens (tertiary/aromatic N) is 1. The van der Waals surface area contributed by atoms with Crippen LogP contribution in [0.2, 0.25) is 22.2 Å². The molecule has 3 rings (SSSR count). The molecule has 0 aromatic carbocycles.